The number of carbonyl (C=O) groups excluding carboxylic acids is 3. The highest BCUT2D eigenvalue weighted by molar-refractivity contribution is 6.13. The molecular weight excluding hydrogens is 475 g/mol. The molecule has 0 radical (unpaired) electrons. The monoisotopic (exact) mass is 497 g/mol. The first kappa shape index (κ1) is 25.7. The maximum absolute atomic E-state index is 13.3. The van der Waals surface area contributed by atoms with Crippen LogP contribution < -0.4 is 20.7 Å². The highest BCUT2D eigenvalue weighted by Gasteiger charge is 2.41. The van der Waals surface area contributed by atoms with Crippen molar-refractivity contribution in [3.63, 3.8) is 0 Å². The van der Waals surface area contributed by atoms with E-state index in [9.17, 15) is 32.3 Å². The van der Waals surface area contributed by atoms with E-state index in [1.807, 2.05) is 4.90 Å². The van der Waals surface area contributed by atoms with Gasteiger partial charge in [0, 0.05) is 40.2 Å². The maximum atomic E-state index is 13.3. The number of amides is 2. The number of anilines is 2. The molecule has 0 atom stereocenters. The maximum Gasteiger partial charge on any atom is 0.490 e. The summed E-state index contributed by atoms with van der Waals surface area (Å²) in [6.45, 7) is 3.88. The Hall–Kier alpha value is -3.93. The number of fused-ring (bicyclic) bond motifs is 1. The summed E-state index contributed by atoms with van der Waals surface area (Å²) in [5, 5.41) is 3.20. The number of halogens is 3. The van der Waals surface area contributed by atoms with Crippen molar-refractivity contribution in [2.45, 2.75) is 26.6 Å². The van der Waals surface area contributed by atoms with Gasteiger partial charge in [0.1, 0.15) is 0 Å². The molecule has 188 valence electrons. The zero-order valence-corrected chi connectivity index (χ0v) is 19.1. The van der Waals surface area contributed by atoms with Crippen LogP contribution in [-0.2, 0) is 32.7 Å². The molecule has 1 N–H and O–H groups in total. The SMILES string of the molecule is CC#CCn1c(N2CCNCC2)nc2nc(N(C(C)=O)C(=O)COC(=O)C(F)(F)F)n(C)c(=O)c21. The number of imidazole rings is 1. The third-order valence-corrected chi connectivity index (χ3v) is 5.08. The van der Waals surface area contributed by atoms with E-state index < -0.39 is 42.1 Å². The molecule has 0 spiro atoms. The van der Waals surface area contributed by atoms with Crippen LogP contribution in [0.15, 0.2) is 4.79 Å². The molecule has 35 heavy (non-hydrogen) atoms. The summed E-state index contributed by atoms with van der Waals surface area (Å²) in [7, 11) is 1.24. The van der Waals surface area contributed by atoms with Crippen LogP contribution in [-0.4, -0.2) is 75.8 Å². The number of nitrogens with one attached hydrogen (secondary N) is 1. The molecule has 1 aliphatic rings. The molecule has 1 aliphatic heterocycles. The Balaban J connectivity index is 2.09. The molecule has 1 saturated heterocycles. The lowest BCUT2D eigenvalue weighted by atomic mass is 10.4. The number of esters is 1. The molecule has 3 heterocycles. The van der Waals surface area contributed by atoms with Gasteiger partial charge in [-0.05, 0) is 6.92 Å². The molecule has 0 bridgehead atoms. The van der Waals surface area contributed by atoms with Gasteiger partial charge < -0.3 is 15.0 Å². The van der Waals surface area contributed by atoms with Gasteiger partial charge in [0.2, 0.25) is 17.8 Å². The summed E-state index contributed by atoms with van der Waals surface area (Å²) in [4.78, 5) is 59.9. The second-order valence-electron chi connectivity index (χ2n) is 7.43. The van der Waals surface area contributed by atoms with E-state index in [0.717, 1.165) is 11.5 Å². The van der Waals surface area contributed by atoms with E-state index in [1.165, 1.54) is 7.05 Å². The lowest BCUT2D eigenvalue weighted by Crippen LogP contribution is -2.44. The third kappa shape index (κ3) is 5.27. The largest absolute Gasteiger partial charge is 0.490 e. The van der Waals surface area contributed by atoms with Crippen molar-refractivity contribution in [1.29, 1.82) is 0 Å². The van der Waals surface area contributed by atoms with Gasteiger partial charge in [-0.2, -0.15) is 23.1 Å². The number of nitrogens with zero attached hydrogens (tertiary/aromatic N) is 6. The number of piperazine rings is 1. The van der Waals surface area contributed by atoms with Gasteiger partial charge >= 0.3 is 12.1 Å². The normalized spacial score (nSPS) is 13.8. The number of alkyl halides is 3. The Bertz CT molecular complexity index is 1280. The summed E-state index contributed by atoms with van der Waals surface area (Å²) in [5.74, 6) is 0.688. The number of hydrogen-bond donors (Lipinski definition) is 1. The Labute approximate surface area is 196 Å². The third-order valence-electron chi connectivity index (χ3n) is 5.08. The van der Waals surface area contributed by atoms with Crippen molar-refractivity contribution in [1.82, 2.24) is 24.4 Å². The molecule has 2 aromatic rings. The number of rotatable bonds is 5. The fourth-order valence-electron chi connectivity index (χ4n) is 3.45. The number of hydrogen-bond acceptors (Lipinski definition) is 9. The van der Waals surface area contributed by atoms with Gasteiger partial charge in [-0.25, -0.2) is 9.69 Å². The number of imide groups is 1. The average molecular weight is 497 g/mol. The quantitative estimate of drug-likeness (QED) is 0.431. The Morgan fingerprint density at radius 3 is 2.43 bits per heavy atom. The summed E-state index contributed by atoms with van der Waals surface area (Å²) in [6.07, 6.45) is -5.32. The molecule has 15 heteroatoms. The molecule has 0 aromatic carbocycles. The van der Waals surface area contributed by atoms with Gasteiger partial charge in [0.05, 0.1) is 6.54 Å². The Morgan fingerprint density at radius 1 is 1.20 bits per heavy atom. The first-order chi connectivity index (χ1) is 16.5. The number of ether oxygens (including phenoxy) is 1. The average Bonchev–Trinajstić information content (AvgIpc) is 3.17. The molecule has 3 rings (SSSR count). The molecule has 0 aliphatic carbocycles. The predicted octanol–water partition coefficient (Wildman–Crippen LogP) is -0.452. The lowest BCUT2D eigenvalue weighted by Gasteiger charge is -2.28. The van der Waals surface area contributed by atoms with Crippen LogP contribution in [0.3, 0.4) is 0 Å². The van der Waals surface area contributed by atoms with E-state index >= 15 is 0 Å². The van der Waals surface area contributed by atoms with Gasteiger partial charge in [-0.3, -0.25) is 23.5 Å². The first-order valence-corrected chi connectivity index (χ1v) is 10.4. The van der Waals surface area contributed by atoms with Crippen LogP contribution in [0, 0.1) is 11.8 Å². The Kier molecular flexibility index (Phi) is 7.44. The smallest absolute Gasteiger partial charge is 0.449 e. The van der Waals surface area contributed by atoms with E-state index in [0.29, 0.717) is 37.0 Å². The van der Waals surface area contributed by atoms with Crippen molar-refractivity contribution in [3.8, 4) is 11.8 Å². The summed E-state index contributed by atoms with van der Waals surface area (Å²) in [5.41, 5.74) is -0.670. The minimum Gasteiger partial charge on any atom is -0.449 e. The lowest BCUT2D eigenvalue weighted by molar-refractivity contribution is -0.199. The standard InChI is InChI=1S/C20H22F3N7O5/c1-4-5-8-29-14-15(26-19(29)28-9-6-24-7-10-28)25-18(27(3)16(14)33)30(12(2)31)13(32)11-35-17(34)20(21,22)23/h24H,6-11H2,1-3H3. The minimum atomic E-state index is -5.32. The van der Waals surface area contributed by atoms with Crippen LogP contribution in [0.4, 0.5) is 25.1 Å². The molecule has 0 saturated carbocycles. The van der Waals surface area contributed by atoms with Gasteiger partial charge in [-0.1, -0.05) is 5.92 Å². The highest BCUT2D eigenvalue weighted by atomic mass is 19.4. The fourth-order valence-corrected chi connectivity index (χ4v) is 3.45. The van der Waals surface area contributed by atoms with Crippen LogP contribution in [0.5, 0.6) is 0 Å². The summed E-state index contributed by atoms with van der Waals surface area (Å²) < 4.78 is 43.6. The van der Waals surface area contributed by atoms with Crippen LogP contribution in [0.1, 0.15) is 13.8 Å². The molecule has 12 nitrogen and oxygen atoms in total. The van der Waals surface area contributed by atoms with Crippen molar-refractivity contribution >= 4 is 40.8 Å². The van der Waals surface area contributed by atoms with Crippen molar-refractivity contribution in [2.75, 3.05) is 42.6 Å². The van der Waals surface area contributed by atoms with Crippen molar-refractivity contribution in [3.05, 3.63) is 10.4 Å². The molecule has 1 fully saturated rings. The van der Waals surface area contributed by atoms with E-state index in [2.05, 4.69) is 31.9 Å². The van der Waals surface area contributed by atoms with Crippen LogP contribution in [0.25, 0.3) is 11.2 Å². The van der Waals surface area contributed by atoms with Gasteiger partial charge in [0.25, 0.3) is 11.5 Å². The van der Waals surface area contributed by atoms with E-state index in [1.54, 1.807) is 11.5 Å². The van der Waals surface area contributed by atoms with Crippen molar-refractivity contribution in [2.24, 2.45) is 7.05 Å². The molecule has 2 amide bonds. The number of aromatic nitrogens is 4. The van der Waals surface area contributed by atoms with Crippen LogP contribution in [0.2, 0.25) is 0 Å². The zero-order chi connectivity index (χ0) is 25.9. The van der Waals surface area contributed by atoms with Gasteiger partial charge in [0.15, 0.2) is 17.8 Å². The number of carbonyl (C=O) groups is 3. The second-order valence-corrected chi connectivity index (χ2v) is 7.43. The molecule has 2 aromatic heterocycles. The summed E-state index contributed by atoms with van der Waals surface area (Å²) in [6, 6.07) is 0. The van der Waals surface area contributed by atoms with Crippen molar-refractivity contribution < 1.29 is 32.3 Å². The Morgan fingerprint density at radius 2 is 1.86 bits per heavy atom. The highest BCUT2D eigenvalue weighted by Crippen LogP contribution is 2.22. The topological polar surface area (TPSA) is 132 Å². The van der Waals surface area contributed by atoms with E-state index in [4.69, 9.17) is 0 Å². The molecule has 0 unspecified atom stereocenters. The summed E-state index contributed by atoms with van der Waals surface area (Å²) >= 11 is 0. The molecular formula is C20H22F3N7O5. The fraction of sp³-hybridized carbons (Fsp3) is 0.500. The van der Waals surface area contributed by atoms with Crippen LogP contribution >= 0.6 is 0 Å². The van der Waals surface area contributed by atoms with Gasteiger partial charge in [-0.15, -0.1) is 5.92 Å². The zero-order valence-electron chi connectivity index (χ0n) is 19.1. The first-order valence-electron chi connectivity index (χ1n) is 10.4. The minimum absolute atomic E-state index is 0.0759. The van der Waals surface area contributed by atoms with E-state index in [-0.39, 0.29) is 17.7 Å². The predicted molar refractivity (Wildman–Crippen MR) is 116 cm³/mol. The second kappa shape index (κ2) is 10.1.